The summed E-state index contributed by atoms with van der Waals surface area (Å²) in [6.45, 7) is 8.29. The molecule has 0 bridgehead atoms. The molecular weight excluding hydrogens is 420 g/mol. The van der Waals surface area contributed by atoms with Crippen LogP contribution < -0.4 is 5.32 Å². The van der Waals surface area contributed by atoms with E-state index < -0.39 is 0 Å². The predicted octanol–water partition coefficient (Wildman–Crippen LogP) is 4.97. The lowest BCUT2D eigenvalue weighted by Gasteiger charge is -2.16. The third-order valence-corrected chi connectivity index (χ3v) is 6.70. The van der Waals surface area contributed by atoms with E-state index in [0.717, 1.165) is 47.2 Å². The fourth-order valence-corrected chi connectivity index (χ4v) is 4.73. The average molecular weight is 451 g/mol. The Labute approximate surface area is 193 Å². The molecule has 0 aliphatic carbocycles. The van der Waals surface area contributed by atoms with Gasteiger partial charge in [-0.3, -0.25) is 4.79 Å². The van der Waals surface area contributed by atoms with E-state index in [1.165, 1.54) is 22.9 Å². The van der Waals surface area contributed by atoms with Crippen molar-refractivity contribution in [3.63, 3.8) is 0 Å². The first kappa shape index (κ1) is 22.6. The molecule has 4 rings (SSSR count). The number of ketones is 1. The van der Waals surface area contributed by atoms with E-state index in [9.17, 15) is 4.79 Å². The Bertz CT molecular complexity index is 1070. The fourth-order valence-electron chi connectivity index (χ4n) is 3.87. The number of nitrogens with zero attached hydrogens (tertiary/aromatic N) is 3. The van der Waals surface area contributed by atoms with Crippen LogP contribution in [-0.4, -0.2) is 39.0 Å². The molecule has 3 aromatic rings. The molecule has 1 unspecified atom stereocenters. The van der Waals surface area contributed by atoms with Crippen molar-refractivity contribution >= 4 is 23.2 Å². The molecule has 0 amide bonds. The topological polar surface area (TPSA) is 69.0 Å². The third kappa shape index (κ3) is 5.58. The number of Topliss-reactive ketones (excluding diaryl/α,β-unsaturated/α-hetero) is 1. The minimum Gasteiger partial charge on any atom is -0.378 e. The van der Waals surface area contributed by atoms with Crippen molar-refractivity contribution in [1.29, 1.82) is 0 Å². The van der Waals surface area contributed by atoms with Gasteiger partial charge in [-0.25, -0.2) is 0 Å². The van der Waals surface area contributed by atoms with Gasteiger partial charge in [0.1, 0.15) is 0 Å². The summed E-state index contributed by atoms with van der Waals surface area (Å²) < 4.78 is 7.98. The van der Waals surface area contributed by atoms with Gasteiger partial charge in [-0.15, -0.1) is 10.2 Å². The number of hydrogen-bond donors (Lipinski definition) is 1. The Hall–Kier alpha value is -2.64. The summed E-state index contributed by atoms with van der Waals surface area (Å²) in [7, 11) is 0. The standard InChI is InChI=1S/C25H30N4O2S/c1-17-6-9-20(10-7-17)23(30)16-32-25-28-27-24(29(25)15-21-5-4-12-31-21)14-26-22-11-8-18(2)13-19(22)3/h6-11,13,21,26H,4-5,12,14-16H2,1-3H3. The minimum absolute atomic E-state index is 0.0941. The van der Waals surface area contributed by atoms with E-state index >= 15 is 0 Å². The molecule has 1 saturated heterocycles. The number of hydrogen-bond acceptors (Lipinski definition) is 6. The molecule has 1 aliphatic rings. The molecular formula is C25H30N4O2S. The second-order valence-electron chi connectivity index (χ2n) is 8.39. The third-order valence-electron chi connectivity index (χ3n) is 5.73. The highest BCUT2D eigenvalue weighted by atomic mass is 32.2. The van der Waals surface area contributed by atoms with Crippen LogP contribution in [-0.2, 0) is 17.8 Å². The molecule has 1 aliphatic heterocycles. The van der Waals surface area contributed by atoms with Crippen molar-refractivity contribution in [1.82, 2.24) is 14.8 Å². The second-order valence-corrected chi connectivity index (χ2v) is 9.34. The average Bonchev–Trinajstić information content (AvgIpc) is 3.42. The van der Waals surface area contributed by atoms with E-state index in [0.29, 0.717) is 18.8 Å². The maximum Gasteiger partial charge on any atom is 0.191 e. The van der Waals surface area contributed by atoms with Crippen molar-refractivity contribution in [3.05, 3.63) is 70.5 Å². The Morgan fingerprint density at radius 1 is 1.12 bits per heavy atom. The molecule has 1 atom stereocenters. The Kier molecular flexibility index (Phi) is 7.27. The molecule has 32 heavy (non-hydrogen) atoms. The number of benzene rings is 2. The number of thioether (sulfide) groups is 1. The number of aryl methyl sites for hydroxylation is 3. The molecule has 0 spiro atoms. The smallest absolute Gasteiger partial charge is 0.191 e. The van der Waals surface area contributed by atoms with Crippen LogP contribution in [0.1, 0.15) is 45.7 Å². The van der Waals surface area contributed by atoms with Gasteiger partial charge < -0.3 is 14.6 Å². The number of ether oxygens (including phenoxy) is 1. The monoisotopic (exact) mass is 450 g/mol. The van der Waals surface area contributed by atoms with Crippen molar-refractivity contribution in [3.8, 4) is 0 Å². The highest BCUT2D eigenvalue weighted by molar-refractivity contribution is 7.99. The number of rotatable bonds is 9. The number of anilines is 1. The van der Waals surface area contributed by atoms with E-state index in [4.69, 9.17) is 4.74 Å². The Morgan fingerprint density at radius 3 is 2.62 bits per heavy atom. The SMILES string of the molecule is Cc1ccc(C(=O)CSc2nnc(CNc3ccc(C)cc3C)n2CC2CCCO2)cc1. The van der Waals surface area contributed by atoms with E-state index in [2.05, 4.69) is 52.1 Å². The maximum atomic E-state index is 12.7. The summed E-state index contributed by atoms with van der Waals surface area (Å²) in [5.74, 6) is 1.28. The molecule has 1 fully saturated rings. The van der Waals surface area contributed by atoms with Crippen LogP contribution in [0.2, 0.25) is 0 Å². The number of aromatic nitrogens is 3. The van der Waals surface area contributed by atoms with Gasteiger partial charge in [-0.2, -0.15) is 0 Å². The molecule has 6 nitrogen and oxygen atoms in total. The molecule has 2 heterocycles. The molecule has 0 saturated carbocycles. The van der Waals surface area contributed by atoms with Crippen molar-refractivity contribution in [2.45, 2.75) is 58.0 Å². The van der Waals surface area contributed by atoms with Crippen LogP contribution in [0.15, 0.2) is 47.6 Å². The Morgan fingerprint density at radius 2 is 1.91 bits per heavy atom. The fraction of sp³-hybridized carbons (Fsp3) is 0.400. The molecule has 0 radical (unpaired) electrons. The molecule has 2 aromatic carbocycles. The number of nitrogens with one attached hydrogen (secondary N) is 1. The van der Waals surface area contributed by atoms with E-state index in [1.54, 1.807) is 0 Å². The largest absolute Gasteiger partial charge is 0.378 e. The summed E-state index contributed by atoms with van der Waals surface area (Å²) in [6, 6.07) is 14.1. The van der Waals surface area contributed by atoms with Crippen LogP contribution in [0.5, 0.6) is 0 Å². The quantitative estimate of drug-likeness (QED) is 0.367. The summed E-state index contributed by atoms with van der Waals surface area (Å²) in [6.07, 6.45) is 2.28. The molecule has 1 aromatic heterocycles. The lowest BCUT2D eigenvalue weighted by Crippen LogP contribution is -2.19. The van der Waals surface area contributed by atoms with Crippen LogP contribution in [0.3, 0.4) is 0 Å². The van der Waals surface area contributed by atoms with Crippen LogP contribution in [0.4, 0.5) is 5.69 Å². The summed E-state index contributed by atoms with van der Waals surface area (Å²) in [5.41, 5.74) is 5.41. The van der Waals surface area contributed by atoms with Gasteiger partial charge in [0.15, 0.2) is 16.8 Å². The first-order valence-electron chi connectivity index (χ1n) is 11.1. The van der Waals surface area contributed by atoms with Crippen molar-refractivity contribution in [2.24, 2.45) is 0 Å². The summed E-state index contributed by atoms with van der Waals surface area (Å²) in [5, 5.41) is 13.1. The normalized spacial score (nSPS) is 15.8. The van der Waals surface area contributed by atoms with Crippen LogP contribution in [0.25, 0.3) is 0 Å². The maximum absolute atomic E-state index is 12.7. The zero-order valence-electron chi connectivity index (χ0n) is 18.9. The summed E-state index contributed by atoms with van der Waals surface area (Å²) >= 11 is 1.44. The van der Waals surface area contributed by atoms with Crippen LogP contribution >= 0.6 is 11.8 Å². The first-order valence-corrected chi connectivity index (χ1v) is 12.1. The van der Waals surface area contributed by atoms with Gasteiger partial charge in [-0.05, 0) is 45.2 Å². The number of carbonyl (C=O) groups excluding carboxylic acids is 1. The van der Waals surface area contributed by atoms with Gasteiger partial charge in [0, 0.05) is 17.9 Å². The lowest BCUT2D eigenvalue weighted by atomic mass is 10.1. The van der Waals surface area contributed by atoms with Crippen molar-refractivity contribution in [2.75, 3.05) is 17.7 Å². The highest BCUT2D eigenvalue weighted by Crippen LogP contribution is 2.23. The van der Waals surface area contributed by atoms with Crippen LogP contribution in [0, 0.1) is 20.8 Å². The zero-order chi connectivity index (χ0) is 22.5. The predicted molar refractivity (Wildman–Crippen MR) is 128 cm³/mol. The zero-order valence-corrected chi connectivity index (χ0v) is 19.7. The van der Waals surface area contributed by atoms with Crippen molar-refractivity contribution < 1.29 is 9.53 Å². The van der Waals surface area contributed by atoms with Gasteiger partial charge in [0.25, 0.3) is 0 Å². The van der Waals surface area contributed by atoms with E-state index in [1.807, 2.05) is 31.2 Å². The summed E-state index contributed by atoms with van der Waals surface area (Å²) in [4.78, 5) is 12.7. The lowest BCUT2D eigenvalue weighted by molar-refractivity contribution is 0.0942. The minimum atomic E-state index is 0.0941. The second kappa shape index (κ2) is 10.3. The van der Waals surface area contributed by atoms with Gasteiger partial charge in [0.2, 0.25) is 0 Å². The van der Waals surface area contributed by atoms with E-state index in [-0.39, 0.29) is 11.9 Å². The first-order chi connectivity index (χ1) is 15.5. The van der Waals surface area contributed by atoms with Gasteiger partial charge >= 0.3 is 0 Å². The van der Waals surface area contributed by atoms with Gasteiger partial charge in [-0.1, -0.05) is 59.3 Å². The Balaban J connectivity index is 1.47. The highest BCUT2D eigenvalue weighted by Gasteiger charge is 2.21. The number of carbonyl (C=O) groups is 1. The molecule has 7 heteroatoms. The van der Waals surface area contributed by atoms with Gasteiger partial charge in [0.05, 0.1) is 24.9 Å². The molecule has 1 N–H and O–H groups in total. The molecule has 168 valence electrons.